The highest BCUT2D eigenvalue weighted by molar-refractivity contribution is 7.80. The molecule has 0 spiro atoms. The first-order valence-corrected chi connectivity index (χ1v) is 8.97. The number of rotatable bonds is 4. The number of allylic oxidation sites excluding steroid dienone is 1. The molecule has 2 aromatic rings. The molecule has 1 N–H and O–H groups in total. The maximum absolute atomic E-state index is 12.5. The normalized spacial score (nSPS) is 17.3. The SMILES string of the molecule is COC(=O)C1=C(C)N(c2ccc(OC)cc2)C(=S)NC1c1ccsc1. The van der Waals surface area contributed by atoms with E-state index in [0.29, 0.717) is 10.7 Å². The Morgan fingerprint density at radius 3 is 2.52 bits per heavy atom. The summed E-state index contributed by atoms with van der Waals surface area (Å²) in [4.78, 5) is 14.3. The fourth-order valence-electron chi connectivity index (χ4n) is 2.85. The fourth-order valence-corrected chi connectivity index (χ4v) is 3.90. The van der Waals surface area contributed by atoms with Crippen molar-refractivity contribution in [2.24, 2.45) is 0 Å². The number of nitrogens with one attached hydrogen (secondary N) is 1. The third-order valence-electron chi connectivity index (χ3n) is 4.10. The molecule has 0 bridgehead atoms. The number of anilines is 1. The van der Waals surface area contributed by atoms with Gasteiger partial charge in [-0.05, 0) is 65.8 Å². The van der Waals surface area contributed by atoms with Crippen LogP contribution in [0, 0.1) is 0 Å². The van der Waals surface area contributed by atoms with Crippen molar-refractivity contribution in [3.8, 4) is 5.75 Å². The van der Waals surface area contributed by atoms with Crippen molar-refractivity contribution in [1.29, 1.82) is 0 Å². The predicted octanol–water partition coefficient (Wildman–Crippen LogP) is 3.64. The summed E-state index contributed by atoms with van der Waals surface area (Å²) in [5, 5.41) is 7.77. The Morgan fingerprint density at radius 2 is 1.96 bits per heavy atom. The van der Waals surface area contributed by atoms with Gasteiger partial charge in [0.25, 0.3) is 0 Å². The first-order chi connectivity index (χ1) is 12.1. The topological polar surface area (TPSA) is 50.8 Å². The molecule has 1 aromatic heterocycles. The monoisotopic (exact) mass is 374 g/mol. The zero-order valence-corrected chi connectivity index (χ0v) is 15.7. The lowest BCUT2D eigenvalue weighted by Gasteiger charge is -2.37. The number of esters is 1. The van der Waals surface area contributed by atoms with E-state index in [-0.39, 0.29) is 12.0 Å². The quantitative estimate of drug-likeness (QED) is 0.651. The van der Waals surface area contributed by atoms with Gasteiger partial charge in [-0.15, -0.1) is 0 Å². The van der Waals surface area contributed by atoms with E-state index in [9.17, 15) is 4.79 Å². The summed E-state index contributed by atoms with van der Waals surface area (Å²) in [6.07, 6.45) is 0. The van der Waals surface area contributed by atoms with Crippen LogP contribution in [-0.4, -0.2) is 25.3 Å². The predicted molar refractivity (Wildman–Crippen MR) is 103 cm³/mol. The van der Waals surface area contributed by atoms with Gasteiger partial charge in [-0.3, -0.25) is 4.90 Å². The highest BCUT2D eigenvalue weighted by Crippen LogP contribution is 2.35. The van der Waals surface area contributed by atoms with E-state index in [1.165, 1.54) is 7.11 Å². The van der Waals surface area contributed by atoms with Crippen molar-refractivity contribution in [3.05, 3.63) is 57.9 Å². The van der Waals surface area contributed by atoms with Crippen LogP contribution in [0.1, 0.15) is 18.5 Å². The zero-order chi connectivity index (χ0) is 18.0. The lowest BCUT2D eigenvalue weighted by atomic mass is 9.97. The van der Waals surface area contributed by atoms with Crippen molar-refractivity contribution in [3.63, 3.8) is 0 Å². The molecule has 1 aliphatic rings. The van der Waals surface area contributed by atoms with E-state index in [2.05, 4.69) is 5.32 Å². The molecular weight excluding hydrogens is 356 g/mol. The third-order valence-corrected chi connectivity index (χ3v) is 5.10. The number of thiocarbonyl (C=S) groups is 1. The van der Waals surface area contributed by atoms with E-state index in [4.69, 9.17) is 21.7 Å². The second-order valence-corrected chi connectivity index (χ2v) is 6.63. The summed E-state index contributed by atoms with van der Waals surface area (Å²) in [7, 11) is 3.01. The standard InChI is InChI=1S/C18H18N2O3S2/c1-11-15(17(21)23-3)16(12-8-9-25-10-12)19-18(24)20(11)13-4-6-14(22-2)7-5-13/h4-10,16H,1-3H3,(H,19,24). The summed E-state index contributed by atoms with van der Waals surface area (Å²) in [5.41, 5.74) is 3.13. The van der Waals surface area contributed by atoms with Crippen molar-refractivity contribution in [2.75, 3.05) is 19.1 Å². The van der Waals surface area contributed by atoms with E-state index >= 15 is 0 Å². The minimum atomic E-state index is -0.373. The Morgan fingerprint density at radius 1 is 1.24 bits per heavy atom. The number of thiophene rings is 1. The van der Waals surface area contributed by atoms with Gasteiger partial charge in [0.1, 0.15) is 5.75 Å². The van der Waals surface area contributed by atoms with Crippen LogP contribution in [0.3, 0.4) is 0 Å². The van der Waals surface area contributed by atoms with E-state index < -0.39 is 0 Å². The lowest BCUT2D eigenvalue weighted by Crippen LogP contribution is -2.48. The summed E-state index contributed by atoms with van der Waals surface area (Å²) in [5.74, 6) is 0.382. The molecule has 130 valence electrons. The molecule has 7 heteroatoms. The summed E-state index contributed by atoms with van der Waals surface area (Å²) < 4.78 is 10.2. The molecule has 25 heavy (non-hydrogen) atoms. The molecule has 1 unspecified atom stereocenters. The van der Waals surface area contributed by atoms with E-state index in [0.717, 1.165) is 22.7 Å². The Balaban J connectivity index is 2.08. The number of ether oxygens (including phenoxy) is 2. The molecule has 0 aliphatic carbocycles. The molecule has 1 atom stereocenters. The lowest BCUT2D eigenvalue weighted by molar-refractivity contribution is -0.136. The van der Waals surface area contributed by atoms with Gasteiger partial charge in [0, 0.05) is 11.4 Å². The number of nitrogens with zero attached hydrogens (tertiary/aromatic N) is 1. The van der Waals surface area contributed by atoms with Gasteiger partial charge in [-0.1, -0.05) is 0 Å². The van der Waals surface area contributed by atoms with Crippen LogP contribution in [0.4, 0.5) is 5.69 Å². The van der Waals surface area contributed by atoms with Crippen LogP contribution in [0.25, 0.3) is 0 Å². The maximum Gasteiger partial charge on any atom is 0.337 e. The van der Waals surface area contributed by atoms with Gasteiger partial charge in [0.05, 0.1) is 25.8 Å². The highest BCUT2D eigenvalue weighted by Gasteiger charge is 2.35. The van der Waals surface area contributed by atoms with Gasteiger partial charge in [-0.2, -0.15) is 11.3 Å². The van der Waals surface area contributed by atoms with Gasteiger partial charge in [-0.25, -0.2) is 4.79 Å². The molecule has 1 aromatic carbocycles. The zero-order valence-electron chi connectivity index (χ0n) is 14.1. The molecule has 0 saturated heterocycles. The molecule has 0 radical (unpaired) electrons. The Kier molecular flexibility index (Phi) is 5.06. The first-order valence-electron chi connectivity index (χ1n) is 7.62. The smallest absolute Gasteiger partial charge is 0.337 e. The van der Waals surface area contributed by atoms with Crippen LogP contribution < -0.4 is 15.0 Å². The summed E-state index contributed by atoms with van der Waals surface area (Å²) >= 11 is 7.15. The minimum Gasteiger partial charge on any atom is -0.497 e. The van der Waals surface area contributed by atoms with E-state index in [1.54, 1.807) is 18.4 Å². The van der Waals surface area contributed by atoms with Crippen molar-refractivity contribution in [2.45, 2.75) is 13.0 Å². The number of methoxy groups -OCH3 is 2. The van der Waals surface area contributed by atoms with Gasteiger partial charge in [0.2, 0.25) is 0 Å². The van der Waals surface area contributed by atoms with Crippen molar-refractivity contribution >= 4 is 40.3 Å². The number of hydrogen-bond donors (Lipinski definition) is 1. The molecule has 0 fully saturated rings. The van der Waals surface area contributed by atoms with Gasteiger partial charge < -0.3 is 14.8 Å². The summed E-state index contributed by atoms with van der Waals surface area (Å²) in [6.45, 7) is 1.88. The number of benzene rings is 1. The molecule has 3 rings (SSSR count). The third kappa shape index (κ3) is 3.25. The van der Waals surface area contributed by atoms with Crippen molar-refractivity contribution in [1.82, 2.24) is 5.32 Å². The molecule has 2 heterocycles. The number of hydrogen-bond acceptors (Lipinski definition) is 5. The fraction of sp³-hybridized carbons (Fsp3) is 0.222. The second kappa shape index (κ2) is 7.25. The average molecular weight is 374 g/mol. The van der Waals surface area contributed by atoms with Crippen LogP contribution in [0.2, 0.25) is 0 Å². The van der Waals surface area contributed by atoms with Crippen LogP contribution in [-0.2, 0) is 9.53 Å². The summed E-state index contributed by atoms with van der Waals surface area (Å²) in [6, 6.07) is 9.17. The Labute approximate surface area is 155 Å². The first kappa shape index (κ1) is 17.4. The Bertz CT molecular complexity index is 813. The molecule has 1 aliphatic heterocycles. The van der Waals surface area contributed by atoms with Crippen LogP contribution in [0.15, 0.2) is 52.4 Å². The minimum absolute atomic E-state index is 0.319. The van der Waals surface area contributed by atoms with Crippen molar-refractivity contribution < 1.29 is 14.3 Å². The molecule has 0 amide bonds. The second-order valence-electron chi connectivity index (χ2n) is 5.46. The van der Waals surface area contributed by atoms with Gasteiger partial charge in [0.15, 0.2) is 5.11 Å². The van der Waals surface area contributed by atoms with E-state index in [1.807, 2.05) is 52.9 Å². The highest BCUT2D eigenvalue weighted by atomic mass is 32.1. The van der Waals surface area contributed by atoms with Crippen LogP contribution in [0.5, 0.6) is 5.75 Å². The maximum atomic E-state index is 12.5. The number of carbonyl (C=O) groups is 1. The molecule has 0 saturated carbocycles. The van der Waals surface area contributed by atoms with Crippen LogP contribution >= 0.6 is 23.6 Å². The molecule has 5 nitrogen and oxygen atoms in total. The largest absolute Gasteiger partial charge is 0.497 e. The Hall–Kier alpha value is -2.38. The molecular formula is C18H18N2O3S2. The number of carbonyl (C=O) groups excluding carboxylic acids is 1. The average Bonchev–Trinajstić information content (AvgIpc) is 3.16. The van der Waals surface area contributed by atoms with Gasteiger partial charge >= 0.3 is 5.97 Å².